The third-order valence-electron chi connectivity index (χ3n) is 3.97. The van der Waals surface area contributed by atoms with Gasteiger partial charge in [-0.25, -0.2) is 4.98 Å². The highest BCUT2D eigenvalue weighted by Crippen LogP contribution is 2.35. The fraction of sp³-hybridized carbons (Fsp3) is 0.533. The molecule has 0 saturated carbocycles. The van der Waals surface area contributed by atoms with Crippen molar-refractivity contribution in [2.45, 2.75) is 52.3 Å². The minimum atomic E-state index is -4.44. The van der Waals surface area contributed by atoms with Crippen molar-refractivity contribution in [3.63, 3.8) is 0 Å². The van der Waals surface area contributed by atoms with E-state index >= 15 is 0 Å². The van der Waals surface area contributed by atoms with Crippen LogP contribution in [0.5, 0.6) is 0 Å². The summed E-state index contributed by atoms with van der Waals surface area (Å²) in [4.78, 5) is 15.8. The van der Waals surface area contributed by atoms with Gasteiger partial charge in [-0.2, -0.15) is 22.8 Å². The molecular weight excluding hydrogens is 345 g/mol. The molecule has 0 spiro atoms. The van der Waals surface area contributed by atoms with Crippen molar-refractivity contribution >= 4 is 28.8 Å². The maximum Gasteiger partial charge on any atom is 0.408 e. The first-order valence-corrected chi connectivity index (χ1v) is 7.87. The van der Waals surface area contributed by atoms with Crippen LogP contribution in [0.4, 0.5) is 19.0 Å². The highest BCUT2D eigenvalue weighted by molar-refractivity contribution is 6.30. The number of anilines is 1. The fourth-order valence-corrected chi connectivity index (χ4v) is 2.65. The van der Waals surface area contributed by atoms with Crippen LogP contribution in [0.2, 0.25) is 5.15 Å². The summed E-state index contributed by atoms with van der Waals surface area (Å²) < 4.78 is 40.2. The number of halogens is 4. The molecule has 2 rings (SSSR count). The Balaban J connectivity index is 2.73. The van der Waals surface area contributed by atoms with Gasteiger partial charge in [-0.1, -0.05) is 25.4 Å². The van der Waals surface area contributed by atoms with Crippen LogP contribution in [0.25, 0.3) is 5.65 Å². The number of nitrogens with one attached hydrogen (secondary N) is 1. The molecule has 0 radical (unpaired) electrons. The lowest BCUT2D eigenvalue weighted by atomic mass is 10.0. The van der Waals surface area contributed by atoms with E-state index in [4.69, 9.17) is 11.6 Å². The first-order chi connectivity index (χ1) is 11.1. The zero-order valence-corrected chi connectivity index (χ0v) is 14.5. The van der Waals surface area contributed by atoms with Crippen LogP contribution in [-0.4, -0.2) is 32.6 Å². The summed E-state index contributed by atoms with van der Waals surface area (Å²) in [5.41, 5.74) is 0.785. The van der Waals surface area contributed by atoms with Crippen molar-refractivity contribution in [1.82, 2.24) is 14.6 Å². The van der Waals surface area contributed by atoms with Crippen molar-refractivity contribution < 1.29 is 18.0 Å². The zero-order chi connectivity index (χ0) is 18.2. The second kappa shape index (κ2) is 6.58. The Hall–Kier alpha value is -1.83. The monoisotopic (exact) mass is 362 g/mol. The molecule has 2 atom stereocenters. The van der Waals surface area contributed by atoms with Gasteiger partial charge < -0.3 is 5.32 Å². The number of fused-ring (bicyclic) bond motifs is 1. The lowest BCUT2D eigenvalue weighted by Crippen LogP contribution is -2.34. The summed E-state index contributed by atoms with van der Waals surface area (Å²) in [6.07, 6.45) is -2.50. The highest BCUT2D eigenvalue weighted by atomic mass is 35.5. The number of nitrogens with zero attached hydrogens (tertiary/aromatic N) is 3. The molecule has 0 bridgehead atoms. The normalized spacial score (nSPS) is 14.7. The summed E-state index contributed by atoms with van der Waals surface area (Å²) in [6, 6.07) is -1.81. The van der Waals surface area contributed by atoms with Gasteiger partial charge in [0, 0.05) is 5.56 Å². The van der Waals surface area contributed by atoms with Gasteiger partial charge in [0.1, 0.15) is 17.0 Å². The molecule has 0 aliphatic carbocycles. The first-order valence-electron chi connectivity index (χ1n) is 7.49. The molecule has 0 aromatic carbocycles. The van der Waals surface area contributed by atoms with Crippen LogP contribution in [0.3, 0.4) is 0 Å². The molecule has 9 heteroatoms. The van der Waals surface area contributed by atoms with E-state index in [1.54, 1.807) is 0 Å². The van der Waals surface area contributed by atoms with Crippen molar-refractivity contribution in [2.75, 3.05) is 5.32 Å². The van der Waals surface area contributed by atoms with E-state index in [1.807, 2.05) is 13.8 Å². The number of carbonyl (C=O) groups excluding carboxylic acids is 1. The molecule has 2 unspecified atom stereocenters. The van der Waals surface area contributed by atoms with E-state index in [2.05, 4.69) is 15.4 Å². The number of hydrogen-bond acceptors (Lipinski definition) is 4. The lowest BCUT2D eigenvalue weighted by molar-refractivity contribution is -0.138. The molecule has 132 valence electrons. The number of aromatic nitrogens is 3. The van der Waals surface area contributed by atoms with Crippen LogP contribution in [-0.2, 0) is 0 Å². The van der Waals surface area contributed by atoms with Crippen molar-refractivity contribution in [3.8, 4) is 0 Å². The van der Waals surface area contributed by atoms with Crippen molar-refractivity contribution in [2.24, 2.45) is 0 Å². The third-order valence-corrected chi connectivity index (χ3v) is 4.25. The number of hydrogen-bond donors (Lipinski definition) is 1. The molecule has 0 fully saturated rings. The topological polar surface area (TPSA) is 59.3 Å². The zero-order valence-electron chi connectivity index (χ0n) is 13.7. The maximum absolute atomic E-state index is 13.0. The Kier molecular flexibility index (Phi) is 5.08. The molecule has 2 aromatic heterocycles. The molecule has 2 aromatic rings. The molecule has 5 nitrogen and oxygen atoms in total. The summed E-state index contributed by atoms with van der Waals surface area (Å²) >= 11 is 6.23. The van der Waals surface area contributed by atoms with E-state index in [0.29, 0.717) is 12.0 Å². The molecule has 0 amide bonds. The average molecular weight is 363 g/mol. The quantitative estimate of drug-likeness (QED) is 0.630. The minimum Gasteiger partial charge on any atom is -0.358 e. The number of rotatable bonds is 5. The summed E-state index contributed by atoms with van der Waals surface area (Å²) in [5.74, 6) is -0.321. The smallest absolute Gasteiger partial charge is 0.358 e. The van der Waals surface area contributed by atoms with Gasteiger partial charge in [0.15, 0.2) is 11.4 Å². The Bertz CT molecular complexity index is 772. The van der Waals surface area contributed by atoms with Crippen LogP contribution in [0.1, 0.15) is 56.0 Å². The number of carbonyl (C=O) groups is 1. The number of Topliss-reactive ketones (excluding diaryl/α,β-unsaturated/α-hetero) is 1. The predicted molar refractivity (Wildman–Crippen MR) is 85.8 cm³/mol. The Morgan fingerprint density at radius 3 is 2.54 bits per heavy atom. The molecule has 0 aliphatic rings. The number of ketones is 1. The Labute approximate surface area is 142 Å². The van der Waals surface area contributed by atoms with Crippen molar-refractivity contribution in [3.05, 3.63) is 22.5 Å². The molecule has 0 aliphatic heterocycles. The lowest BCUT2D eigenvalue weighted by Gasteiger charge is -2.23. The van der Waals surface area contributed by atoms with Gasteiger partial charge >= 0.3 is 6.18 Å². The highest BCUT2D eigenvalue weighted by Gasteiger charge is 2.37. The van der Waals surface area contributed by atoms with E-state index < -0.39 is 12.2 Å². The number of alkyl halides is 3. The molecule has 24 heavy (non-hydrogen) atoms. The molecular formula is C15H18ClF3N4O. The van der Waals surface area contributed by atoms with E-state index in [-0.39, 0.29) is 33.9 Å². The molecule has 1 N–H and O–H groups in total. The summed E-state index contributed by atoms with van der Waals surface area (Å²) in [7, 11) is 0. The summed E-state index contributed by atoms with van der Waals surface area (Å²) in [6.45, 7) is 6.08. The SMILES string of the molecule is CCC(C)c1c(Cl)nc2c(C(C)=O)cnn2c1NC(C)C(F)(F)F. The van der Waals surface area contributed by atoms with Crippen LogP contribution in [0.15, 0.2) is 6.20 Å². The van der Waals surface area contributed by atoms with Gasteiger partial charge in [0.25, 0.3) is 0 Å². The Morgan fingerprint density at radius 2 is 2.04 bits per heavy atom. The Morgan fingerprint density at radius 1 is 1.42 bits per heavy atom. The van der Waals surface area contributed by atoms with Crippen molar-refractivity contribution in [1.29, 1.82) is 0 Å². The van der Waals surface area contributed by atoms with E-state index in [9.17, 15) is 18.0 Å². The van der Waals surface area contributed by atoms with Gasteiger partial charge in [0.05, 0.1) is 11.8 Å². The second-order valence-electron chi connectivity index (χ2n) is 5.73. The largest absolute Gasteiger partial charge is 0.408 e. The first kappa shape index (κ1) is 18.5. The van der Waals surface area contributed by atoms with Crippen LogP contribution >= 0.6 is 11.6 Å². The van der Waals surface area contributed by atoms with Gasteiger partial charge in [-0.3, -0.25) is 4.79 Å². The minimum absolute atomic E-state index is 0.0664. The van der Waals surface area contributed by atoms with Gasteiger partial charge in [0.2, 0.25) is 0 Å². The van der Waals surface area contributed by atoms with Gasteiger partial charge in [-0.15, -0.1) is 0 Å². The summed E-state index contributed by atoms with van der Waals surface area (Å²) in [5, 5.41) is 6.55. The van der Waals surface area contributed by atoms with Crippen LogP contribution in [0, 0.1) is 0 Å². The predicted octanol–water partition coefficient (Wildman–Crippen LogP) is 4.46. The van der Waals surface area contributed by atoms with E-state index in [0.717, 1.165) is 6.92 Å². The third kappa shape index (κ3) is 3.33. The maximum atomic E-state index is 13.0. The van der Waals surface area contributed by atoms with Crippen LogP contribution < -0.4 is 5.32 Å². The second-order valence-corrected chi connectivity index (χ2v) is 6.09. The molecule has 0 saturated heterocycles. The average Bonchev–Trinajstić information content (AvgIpc) is 2.89. The van der Waals surface area contributed by atoms with E-state index in [1.165, 1.54) is 17.6 Å². The standard InChI is InChI=1S/C15H18ClF3N4O/c1-5-7(2)11-12(16)22-13-10(8(3)24)6-20-23(13)14(11)21-9(4)15(17,18)19/h6-7,9,21H,5H2,1-4H3. The van der Waals surface area contributed by atoms with Gasteiger partial charge in [-0.05, 0) is 26.2 Å². The fourth-order valence-electron chi connectivity index (χ4n) is 2.29. The molecule has 2 heterocycles.